The number of sulfonamides is 1. The van der Waals surface area contributed by atoms with Crippen LogP contribution in [0.3, 0.4) is 0 Å². The van der Waals surface area contributed by atoms with Gasteiger partial charge in [-0.25, -0.2) is 17.8 Å². The second-order valence-corrected chi connectivity index (χ2v) is 13.3. The highest BCUT2D eigenvalue weighted by atomic mass is 35.5. The molecule has 2 aliphatic heterocycles. The molecule has 2 heterocycles. The fourth-order valence-electron chi connectivity index (χ4n) is 5.81. The van der Waals surface area contributed by atoms with Crippen LogP contribution in [0.2, 0.25) is 10.0 Å². The van der Waals surface area contributed by atoms with E-state index < -0.39 is 32.7 Å². The first kappa shape index (κ1) is 29.0. The van der Waals surface area contributed by atoms with Crippen molar-refractivity contribution in [1.82, 2.24) is 9.31 Å². The first-order chi connectivity index (χ1) is 20.2. The molecule has 42 heavy (non-hydrogen) atoms. The minimum atomic E-state index is -4.17. The van der Waals surface area contributed by atoms with Crippen LogP contribution in [0.15, 0.2) is 82.3 Å². The van der Waals surface area contributed by atoms with Crippen molar-refractivity contribution in [2.75, 3.05) is 26.3 Å². The Hall–Kier alpha value is -3.08. The van der Waals surface area contributed by atoms with Gasteiger partial charge in [0.1, 0.15) is 10.7 Å². The van der Waals surface area contributed by atoms with Gasteiger partial charge in [0, 0.05) is 34.6 Å². The van der Waals surface area contributed by atoms with E-state index in [1.54, 1.807) is 12.1 Å². The van der Waals surface area contributed by atoms with Crippen LogP contribution in [-0.2, 0) is 14.8 Å². The van der Waals surface area contributed by atoms with Crippen LogP contribution >= 0.6 is 23.2 Å². The lowest BCUT2D eigenvalue weighted by atomic mass is 9.77. The lowest BCUT2D eigenvalue weighted by Crippen LogP contribution is -2.41. The van der Waals surface area contributed by atoms with Crippen LogP contribution in [-0.4, -0.2) is 55.7 Å². The fourth-order valence-corrected chi connectivity index (χ4v) is 7.56. The molecule has 0 bridgehead atoms. The van der Waals surface area contributed by atoms with E-state index in [-0.39, 0.29) is 37.8 Å². The minimum absolute atomic E-state index is 0.0356. The number of allylic oxidation sites excluding steroid dienone is 1. The molecule has 0 aromatic heterocycles. The predicted octanol–water partition coefficient (Wildman–Crippen LogP) is 6.59. The van der Waals surface area contributed by atoms with E-state index in [1.165, 1.54) is 15.4 Å². The first-order valence-corrected chi connectivity index (χ1v) is 15.9. The van der Waals surface area contributed by atoms with Gasteiger partial charge in [-0.15, -0.1) is 0 Å². The van der Waals surface area contributed by atoms with Gasteiger partial charge >= 0.3 is 0 Å². The Morgan fingerprint density at radius 1 is 0.976 bits per heavy atom. The number of morpholine rings is 1. The monoisotopic (exact) mass is 627 g/mol. The van der Waals surface area contributed by atoms with Gasteiger partial charge in [0.2, 0.25) is 10.0 Å². The summed E-state index contributed by atoms with van der Waals surface area (Å²) in [5, 5.41) is 7.50. The number of ether oxygens (including phenoxy) is 1. The Morgan fingerprint density at radius 2 is 1.64 bits per heavy atom. The molecule has 3 aliphatic rings. The van der Waals surface area contributed by atoms with Gasteiger partial charge < -0.3 is 4.74 Å². The van der Waals surface area contributed by atoms with Gasteiger partial charge in [0.25, 0.3) is 5.91 Å². The normalized spacial score (nSPS) is 22.2. The third-order valence-corrected chi connectivity index (χ3v) is 10.3. The van der Waals surface area contributed by atoms with Crippen LogP contribution < -0.4 is 0 Å². The molecule has 1 aliphatic carbocycles. The summed E-state index contributed by atoms with van der Waals surface area (Å²) < 4.78 is 48.0. The molecular formula is C31H28Cl2FN3O4S. The average molecular weight is 629 g/mol. The summed E-state index contributed by atoms with van der Waals surface area (Å²) in [6.07, 6.45) is 4.59. The molecule has 2 fully saturated rings. The number of halogens is 3. The molecule has 2 atom stereocenters. The van der Waals surface area contributed by atoms with Gasteiger partial charge in [-0.1, -0.05) is 47.5 Å². The molecule has 2 unspecified atom stereocenters. The number of carbonyl (C=O) groups excluding carboxylic acids is 1. The topological polar surface area (TPSA) is 79.3 Å². The zero-order valence-corrected chi connectivity index (χ0v) is 24.9. The summed E-state index contributed by atoms with van der Waals surface area (Å²) in [5.41, 5.74) is 3.70. The number of amides is 1. The maximum Gasteiger partial charge on any atom is 0.274 e. The van der Waals surface area contributed by atoms with Crippen molar-refractivity contribution in [3.63, 3.8) is 0 Å². The van der Waals surface area contributed by atoms with Gasteiger partial charge in [-0.05, 0) is 84.5 Å². The predicted molar refractivity (Wildman–Crippen MR) is 161 cm³/mol. The van der Waals surface area contributed by atoms with Crippen molar-refractivity contribution in [1.29, 1.82) is 0 Å². The van der Waals surface area contributed by atoms with Crippen LogP contribution in [0.25, 0.3) is 6.08 Å². The molecule has 11 heteroatoms. The molecule has 1 saturated carbocycles. The second kappa shape index (κ2) is 11.9. The van der Waals surface area contributed by atoms with Crippen molar-refractivity contribution in [2.24, 2.45) is 11.0 Å². The molecular weight excluding hydrogens is 600 g/mol. The molecule has 218 valence electrons. The molecule has 0 spiro atoms. The lowest BCUT2D eigenvalue weighted by Gasteiger charge is -2.30. The third-order valence-electron chi connectivity index (χ3n) is 7.90. The fraction of sp³-hybridized carbons (Fsp3) is 0.290. The Balaban J connectivity index is 1.40. The lowest BCUT2D eigenvalue weighted by molar-refractivity contribution is 0.0680. The summed E-state index contributed by atoms with van der Waals surface area (Å²) in [6, 6.07) is 17.8. The largest absolute Gasteiger partial charge is 0.379 e. The highest BCUT2D eigenvalue weighted by Gasteiger charge is 2.44. The Kier molecular flexibility index (Phi) is 8.22. The quantitative estimate of drug-likeness (QED) is 0.320. The van der Waals surface area contributed by atoms with Crippen LogP contribution in [0.5, 0.6) is 0 Å². The van der Waals surface area contributed by atoms with E-state index in [9.17, 15) is 17.6 Å². The van der Waals surface area contributed by atoms with E-state index in [1.807, 2.05) is 36.4 Å². The maximum atomic E-state index is 14.9. The third kappa shape index (κ3) is 5.64. The van der Waals surface area contributed by atoms with E-state index in [4.69, 9.17) is 33.0 Å². The number of hydrazone groups is 1. The SMILES string of the molecule is O=C(c1ccc(F)c(S(=O)(=O)N2CCOCC2)c1)N1N=C2/C(=C/c3ccc(Cl)cc3)CCCC2C1c1ccc(Cl)cc1. The number of benzene rings is 3. The molecule has 0 N–H and O–H groups in total. The van der Waals surface area contributed by atoms with Crippen molar-refractivity contribution in [3.8, 4) is 0 Å². The van der Waals surface area contributed by atoms with Crippen molar-refractivity contribution in [3.05, 3.63) is 105 Å². The number of hydrogen-bond acceptors (Lipinski definition) is 5. The molecule has 0 radical (unpaired) electrons. The van der Waals surface area contributed by atoms with Crippen LogP contribution in [0, 0.1) is 11.7 Å². The van der Waals surface area contributed by atoms with E-state index in [2.05, 4.69) is 6.08 Å². The minimum Gasteiger partial charge on any atom is -0.379 e. The number of nitrogens with zero attached hydrogens (tertiary/aromatic N) is 3. The summed E-state index contributed by atoms with van der Waals surface area (Å²) >= 11 is 12.3. The van der Waals surface area contributed by atoms with Gasteiger partial charge in [-0.3, -0.25) is 4.79 Å². The summed E-state index contributed by atoms with van der Waals surface area (Å²) in [5.74, 6) is -1.51. The smallest absolute Gasteiger partial charge is 0.274 e. The first-order valence-electron chi connectivity index (χ1n) is 13.7. The van der Waals surface area contributed by atoms with E-state index in [0.29, 0.717) is 10.0 Å². The second-order valence-electron chi connectivity index (χ2n) is 10.5. The van der Waals surface area contributed by atoms with Crippen molar-refractivity contribution in [2.45, 2.75) is 30.2 Å². The number of fused-ring (bicyclic) bond motifs is 1. The average Bonchev–Trinajstić information content (AvgIpc) is 3.39. The highest BCUT2D eigenvalue weighted by Crippen LogP contribution is 2.45. The Bertz CT molecular complexity index is 1670. The van der Waals surface area contributed by atoms with Gasteiger partial charge in [-0.2, -0.15) is 9.41 Å². The Morgan fingerprint density at radius 3 is 2.33 bits per heavy atom. The molecule has 3 aromatic carbocycles. The summed E-state index contributed by atoms with van der Waals surface area (Å²) in [4.78, 5) is 13.6. The number of hydrogen-bond donors (Lipinski definition) is 0. The molecule has 6 rings (SSSR count). The highest BCUT2D eigenvalue weighted by molar-refractivity contribution is 7.89. The zero-order chi connectivity index (χ0) is 29.4. The van der Waals surface area contributed by atoms with Crippen molar-refractivity contribution >= 4 is 50.9 Å². The number of carbonyl (C=O) groups is 1. The standard InChI is InChI=1S/C31H28Cl2FN3O4S/c32-24-9-4-20(5-10-24)18-22-2-1-3-26-29(22)35-37(30(26)21-6-11-25(33)12-7-21)31(38)23-8-13-27(34)28(19-23)42(39,40)36-14-16-41-17-15-36/h4-13,18-19,26,30H,1-3,14-17H2/b22-18+. The maximum absolute atomic E-state index is 14.9. The van der Waals surface area contributed by atoms with Gasteiger partial charge in [0.05, 0.1) is 25.0 Å². The summed E-state index contributed by atoms with van der Waals surface area (Å²) in [6.45, 7) is 0.674. The molecule has 1 saturated heterocycles. The van der Waals surface area contributed by atoms with Gasteiger partial charge in [0.15, 0.2) is 0 Å². The molecule has 1 amide bonds. The Labute approximate surface area is 254 Å². The molecule has 7 nitrogen and oxygen atoms in total. The van der Waals surface area contributed by atoms with Crippen LogP contribution in [0.4, 0.5) is 4.39 Å². The van der Waals surface area contributed by atoms with Crippen LogP contribution in [0.1, 0.15) is 46.8 Å². The van der Waals surface area contributed by atoms with Crippen molar-refractivity contribution < 1.29 is 22.3 Å². The van der Waals surface area contributed by atoms with E-state index >= 15 is 0 Å². The zero-order valence-electron chi connectivity index (χ0n) is 22.5. The molecule has 3 aromatic rings. The van der Waals surface area contributed by atoms with E-state index in [0.717, 1.165) is 53.8 Å². The summed E-state index contributed by atoms with van der Waals surface area (Å²) in [7, 11) is -4.17. The number of rotatable bonds is 5.